The van der Waals surface area contributed by atoms with Crippen LogP contribution in [0, 0.1) is 0 Å². The number of aliphatic carboxylic acids is 2. The highest BCUT2D eigenvalue weighted by Gasteiger charge is 2.03. The Morgan fingerprint density at radius 1 is 1.04 bits per heavy atom. The Hall–Kier alpha value is -2.76. The van der Waals surface area contributed by atoms with Crippen LogP contribution in [0.25, 0.3) is 6.08 Å². The predicted octanol–water partition coefficient (Wildman–Crippen LogP) is 2.58. The minimum absolute atomic E-state index is 0.558. The summed E-state index contributed by atoms with van der Waals surface area (Å²) in [6, 6.07) is 8.68. The van der Waals surface area contributed by atoms with E-state index in [0.29, 0.717) is 12.2 Å². The second-order valence-corrected chi connectivity index (χ2v) is 5.55. The molecule has 0 aliphatic carbocycles. The van der Waals surface area contributed by atoms with E-state index in [9.17, 15) is 9.59 Å². The minimum atomic E-state index is -1.26. The molecule has 24 heavy (non-hydrogen) atoms. The van der Waals surface area contributed by atoms with Gasteiger partial charge in [-0.3, -0.25) is 0 Å². The summed E-state index contributed by atoms with van der Waals surface area (Å²) in [5.41, 5.74) is 3.91. The van der Waals surface area contributed by atoms with E-state index in [1.807, 2.05) is 0 Å². The molecule has 1 aromatic carbocycles. The number of nitrogens with zero attached hydrogens (tertiary/aromatic N) is 1. The predicted molar refractivity (Wildman–Crippen MR) is 95.0 cm³/mol. The molecular formula is C18H24N2O4. The molecule has 1 aliphatic rings. The number of nitrogens with one attached hydrogen (secondary N) is 1. The maximum atomic E-state index is 9.55. The SMILES string of the molecule is CN(C)c1ccc(/C=C2/CCCCN2)cc1.O=C(O)/C=C/C(=O)O. The lowest BCUT2D eigenvalue weighted by Gasteiger charge is -2.17. The fraction of sp³-hybridized carbons (Fsp3) is 0.333. The standard InChI is InChI=1S/C14H20N2.C4H4O4/c1-16(2)14-8-6-12(7-9-14)11-13-5-3-4-10-15-13;5-3(6)1-2-4(7)8/h6-9,11,15H,3-5,10H2,1-2H3;1-2H,(H,5,6)(H,7,8)/b13-11-;2-1+. The second kappa shape index (κ2) is 10.1. The second-order valence-electron chi connectivity index (χ2n) is 5.55. The van der Waals surface area contributed by atoms with Gasteiger partial charge in [-0.15, -0.1) is 0 Å². The molecule has 1 saturated heterocycles. The van der Waals surface area contributed by atoms with Crippen LogP contribution in [-0.4, -0.2) is 42.8 Å². The average molecular weight is 332 g/mol. The van der Waals surface area contributed by atoms with Gasteiger partial charge in [-0.25, -0.2) is 9.59 Å². The number of rotatable bonds is 4. The molecule has 0 saturated carbocycles. The molecule has 0 unspecified atom stereocenters. The first-order valence-corrected chi connectivity index (χ1v) is 7.74. The quantitative estimate of drug-likeness (QED) is 0.734. The van der Waals surface area contributed by atoms with Gasteiger partial charge >= 0.3 is 11.9 Å². The normalized spacial score (nSPS) is 15.3. The number of carbonyl (C=O) groups is 2. The molecule has 0 spiro atoms. The third-order valence-electron chi connectivity index (χ3n) is 3.34. The van der Waals surface area contributed by atoms with Crippen molar-refractivity contribution in [1.82, 2.24) is 5.32 Å². The first kappa shape index (κ1) is 19.3. The van der Waals surface area contributed by atoms with Crippen LogP contribution in [0.4, 0.5) is 5.69 Å². The van der Waals surface area contributed by atoms with Gasteiger partial charge in [0.1, 0.15) is 0 Å². The van der Waals surface area contributed by atoms with Crippen molar-refractivity contribution in [1.29, 1.82) is 0 Å². The number of piperidine rings is 1. The lowest BCUT2D eigenvalue weighted by Crippen LogP contribution is -2.19. The lowest BCUT2D eigenvalue weighted by molar-refractivity contribution is -0.134. The zero-order chi connectivity index (χ0) is 17.9. The van der Waals surface area contributed by atoms with Crippen LogP contribution in [0.3, 0.4) is 0 Å². The summed E-state index contributed by atoms with van der Waals surface area (Å²) in [4.78, 5) is 21.2. The van der Waals surface area contributed by atoms with Gasteiger partial charge in [-0.05, 0) is 43.0 Å². The molecule has 2 rings (SSSR count). The topological polar surface area (TPSA) is 89.9 Å². The number of carboxylic acids is 2. The van der Waals surface area contributed by atoms with Gasteiger partial charge in [-0.2, -0.15) is 0 Å². The Kier molecular flexibility index (Phi) is 8.11. The van der Waals surface area contributed by atoms with Crippen molar-refractivity contribution in [2.24, 2.45) is 0 Å². The lowest BCUT2D eigenvalue weighted by atomic mass is 10.1. The highest BCUT2D eigenvalue weighted by Crippen LogP contribution is 2.17. The highest BCUT2D eigenvalue weighted by atomic mass is 16.4. The first-order chi connectivity index (χ1) is 11.4. The third kappa shape index (κ3) is 8.03. The Bertz CT molecular complexity index is 580. The Labute approximate surface area is 142 Å². The zero-order valence-corrected chi connectivity index (χ0v) is 14.0. The molecule has 6 heteroatoms. The van der Waals surface area contributed by atoms with Crippen LogP contribution in [0.2, 0.25) is 0 Å². The largest absolute Gasteiger partial charge is 0.478 e. The summed E-state index contributed by atoms with van der Waals surface area (Å²) in [5.74, 6) is -2.51. The van der Waals surface area contributed by atoms with Gasteiger partial charge in [0.25, 0.3) is 0 Å². The van der Waals surface area contributed by atoms with Gasteiger partial charge < -0.3 is 20.4 Å². The maximum absolute atomic E-state index is 9.55. The zero-order valence-electron chi connectivity index (χ0n) is 14.0. The summed E-state index contributed by atoms with van der Waals surface area (Å²) in [7, 11) is 4.13. The van der Waals surface area contributed by atoms with Gasteiger partial charge in [0.2, 0.25) is 0 Å². The number of allylic oxidation sites excluding steroid dienone is 1. The van der Waals surface area contributed by atoms with Crippen molar-refractivity contribution in [3.05, 3.63) is 47.7 Å². The number of carboxylic acid groups (broad SMARTS) is 2. The van der Waals surface area contributed by atoms with Crippen molar-refractivity contribution in [2.45, 2.75) is 19.3 Å². The van der Waals surface area contributed by atoms with E-state index in [2.05, 4.69) is 54.7 Å². The van der Waals surface area contributed by atoms with E-state index in [0.717, 1.165) is 6.54 Å². The van der Waals surface area contributed by atoms with Crippen molar-refractivity contribution < 1.29 is 19.8 Å². The van der Waals surface area contributed by atoms with Gasteiger partial charge in [0.05, 0.1) is 0 Å². The van der Waals surface area contributed by atoms with E-state index < -0.39 is 11.9 Å². The fourth-order valence-corrected chi connectivity index (χ4v) is 2.11. The van der Waals surface area contributed by atoms with Crippen LogP contribution in [0.1, 0.15) is 24.8 Å². The summed E-state index contributed by atoms with van der Waals surface area (Å²) in [6.07, 6.45) is 7.18. The molecule has 1 aromatic rings. The summed E-state index contributed by atoms with van der Waals surface area (Å²) < 4.78 is 0. The molecule has 6 nitrogen and oxygen atoms in total. The number of hydrogen-bond acceptors (Lipinski definition) is 4. The fourth-order valence-electron chi connectivity index (χ4n) is 2.11. The van der Waals surface area contributed by atoms with Crippen molar-refractivity contribution in [3.63, 3.8) is 0 Å². The summed E-state index contributed by atoms with van der Waals surface area (Å²) >= 11 is 0. The molecule has 130 valence electrons. The van der Waals surface area contributed by atoms with E-state index in [4.69, 9.17) is 10.2 Å². The van der Waals surface area contributed by atoms with E-state index in [1.165, 1.54) is 36.2 Å². The molecule has 0 aromatic heterocycles. The summed E-state index contributed by atoms with van der Waals surface area (Å²) in [6.45, 7) is 1.13. The van der Waals surface area contributed by atoms with Gasteiger partial charge in [0, 0.05) is 44.2 Å². The molecule has 0 radical (unpaired) electrons. The van der Waals surface area contributed by atoms with Gasteiger partial charge in [-0.1, -0.05) is 12.1 Å². The van der Waals surface area contributed by atoms with E-state index in [1.54, 1.807) is 0 Å². The first-order valence-electron chi connectivity index (χ1n) is 7.74. The van der Waals surface area contributed by atoms with Crippen molar-refractivity contribution in [3.8, 4) is 0 Å². The molecular weight excluding hydrogens is 308 g/mol. The summed E-state index contributed by atoms with van der Waals surface area (Å²) in [5, 5.41) is 19.1. The minimum Gasteiger partial charge on any atom is -0.478 e. The number of hydrogen-bond donors (Lipinski definition) is 3. The molecule has 1 heterocycles. The van der Waals surface area contributed by atoms with Crippen LogP contribution in [0.5, 0.6) is 0 Å². The maximum Gasteiger partial charge on any atom is 0.328 e. The van der Waals surface area contributed by atoms with Crippen LogP contribution >= 0.6 is 0 Å². The Balaban J connectivity index is 0.000000307. The van der Waals surface area contributed by atoms with Crippen LogP contribution < -0.4 is 10.2 Å². The molecule has 1 aliphatic heterocycles. The molecule has 1 fully saturated rings. The molecule has 0 atom stereocenters. The van der Waals surface area contributed by atoms with Gasteiger partial charge in [0.15, 0.2) is 0 Å². The Morgan fingerprint density at radius 3 is 2.04 bits per heavy atom. The number of anilines is 1. The van der Waals surface area contributed by atoms with Crippen LogP contribution in [-0.2, 0) is 9.59 Å². The van der Waals surface area contributed by atoms with Crippen LogP contribution in [0.15, 0.2) is 42.1 Å². The molecule has 0 amide bonds. The smallest absolute Gasteiger partial charge is 0.328 e. The van der Waals surface area contributed by atoms with Crippen molar-refractivity contribution in [2.75, 3.05) is 25.5 Å². The monoisotopic (exact) mass is 332 g/mol. The van der Waals surface area contributed by atoms with Crippen molar-refractivity contribution >= 4 is 23.7 Å². The van der Waals surface area contributed by atoms with E-state index in [-0.39, 0.29) is 0 Å². The third-order valence-corrected chi connectivity index (χ3v) is 3.34. The highest BCUT2D eigenvalue weighted by molar-refractivity contribution is 5.89. The van der Waals surface area contributed by atoms with E-state index >= 15 is 0 Å². The molecule has 0 bridgehead atoms. The Morgan fingerprint density at radius 2 is 1.62 bits per heavy atom. The molecule has 3 N–H and O–H groups in total. The number of benzene rings is 1. The average Bonchev–Trinajstić information content (AvgIpc) is 2.55.